The third kappa shape index (κ3) is 1.38. The fourth-order valence-corrected chi connectivity index (χ4v) is 0.875. The molecule has 0 amide bonds. The summed E-state index contributed by atoms with van der Waals surface area (Å²) in [6.07, 6.45) is 3.60. The maximum Gasteiger partial charge on any atom is 0.165 e. The van der Waals surface area contributed by atoms with Gasteiger partial charge in [-0.1, -0.05) is 13.8 Å². The second kappa shape index (κ2) is 2.86. The van der Waals surface area contributed by atoms with E-state index in [1.165, 1.54) is 10.1 Å². The molecule has 1 aromatic heterocycles. The predicted molar refractivity (Wildman–Crippen MR) is 39.6 cm³/mol. The zero-order chi connectivity index (χ0) is 7.56. The van der Waals surface area contributed by atoms with E-state index in [9.17, 15) is 4.39 Å². The molecule has 1 aromatic rings. The van der Waals surface area contributed by atoms with E-state index in [4.69, 9.17) is 0 Å². The van der Waals surface area contributed by atoms with Gasteiger partial charge in [0.2, 0.25) is 0 Å². The first-order valence-electron chi connectivity index (χ1n) is 3.45. The lowest BCUT2D eigenvalue weighted by molar-refractivity contribution is 0.377. The summed E-state index contributed by atoms with van der Waals surface area (Å²) in [5.41, 5.74) is 1.19. The van der Waals surface area contributed by atoms with E-state index in [2.05, 4.69) is 13.8 Å². The quantitative estimate of drug-likeness (QED) is 0.596. The average molecular weight is 141 g/mol. The molecule has 0 bridgehead atoms. The molecule has 0 aliphatic carbocycles. The van der Waals surface area contributed by atoms with E-state index in [0.717, 1.165) is 0 Å². The first kappa shape index (κ1) is 7.32. The molecule has 10 heavy (non-hydrogen) atoms. The minimum Gasteiger partial charge on any atom is -0.326 e. The Bertz CT molecular complexity index is 203. The molecule has 0 unspecified atom stereocenters. The topological polar surface area (TPSA) is 4.93 Å². The zero-order valence-electron chi connectivity index (χ0n) is 6.34. The number of alkyl halides is 1. The van der Waals surface area contributed by atoms with Gasteiger partial charge in [-0.25, -0.2) is 4.39 Å². The molecule has 1 rings (SSSR count). The first-order valence-corrected chi connectivity index (χ1v) is 3.45. The number of halogens is 1. The molecule has 0 saturated carbocycles. The van der Waals surface area contributed by atoms with Crippen LogP contribution in [-0.2, 0) is 6.80 Å². The normalized spacial score (nSPS) is 10.8. The lowest BCUT2D eigenvalue weighted by atomic mass is 10.1. The van der Waals surface area contributed by atoms with Crippen LogP contribution in [0.2, 0.25) is 0 Å². The molecule has 0 atom stereocenters. The highest BCUT2D eigenvalue weighted by Gasteiger charge is 1.99. The minimum absolute atomic E-state index is 0.424. The summed E-state index contributed by atoms with van der Waals surface area (Å²) in [7, 11) is 0. The Hall–Kier alpha value is -0.790. The Kier molecular flexibility index (Phi) is 2.10. The highest BCUT2D eigenvalue weighted by Crippen LogP contribution is 2.13. The average Bonchev–Trinajstić information content (AvgIpc) is 2.34. The van der Waals surface area contributed by atoms with E-state index in [0.29, 0.717) is 5.92 Å². The summed E-state index contributed by atoms with van der Waals surface area (Å²) in [6, 6.07) is 1.95. The van der Waals surface area contributed by atoms with Crippen molar-refractivity contribution < 1.29 is 4.39 Å². The van der Waals surface area contributed by atoms with Crippen LogP contribution < -0.4 is 0 Å². The monoisotopic (exact) mass is 141 g/mol. The maximum atomic E-state index is 12.0. The standard InChI is InChI=1S/C8H12FN/c1-7(2)8-3-4-10(5-8)6-9/h3-5,7H,6H2,1-2H3. The Morgan fingerprint density at radius 2 is 2.30 bits per heavy atom. The highest BCUT2D eigenvalue weighted by molar-refractivity contribution is 5.13. The van der Waals surface area contributed by atoms with Crippen LogP contribution in [0.4, 0.5) is 4.39 Å². The van der Waals surface area contributed by atoms with Crippen LogP contribution in [0, 0.1) is 0 Å². The molecule has 56 valence electrons. The van der Waals surface area contributed by atoms with E-state index >= 15 is 0 Å². The van der Waals surface area contributed by atoms with Gasteiger partial charge in [0.25, 0.3) is 0 Å². The fourth-order valence-electron chi connectivity index (χ4n) is 0.875. The van der Waals surface area contributed by atoms with Crippen molar-refractivity contribution in [1.29, 1.82) is 0 Å². The summed E-state index contributed by atoms with van der Waals surface area (Å²) in [6.45, 7) is 3.77. The van der Waals surface area contributed by atoms with Crippen molar-refractivity contribution in [3.8, 4) is 0 Å². The SMILES string of the molecule is CC(C)c1ccn(CF)c1. The molecule has 2 heteroatoms. The molecule has 1 nitrogen and oxygen atoms in total. The number of rotatable bonds is 2. The summed E-state index contributed by atoms with van der Waals surface area (Å²) < 4.78 is 13.5. The molecule has 0 N–H and O–H groups in total. The number of nitrogens with zero attached hydrogens (tertiary/aromatic N) is 1. The molecule has 0 aliphatic rings. The highest BCUT2D eigenvalue weighted by atomic mass is 19.1. The van der Waals surface area contributed by atoms with Gasteiger partial charge in [0.1, 0.15) is 0 Å². The molecular formula is C8H12FN. The Morgan fingerprint density at radius 3 is 2.60 bits per heavy atom. The molecule has 0 fully saturated rings. The van der Waals surface area contributed by atoms with Gasteiger partial charge in [0, 0.05) is 12.4 Å². The van der Waals surface area contributed by atoms with Crippen molar-refractivity contribution in [2.45, 2.75) is 26.6 Å². The van der Waals surface area contributed by atoms with E-state index in [-0.39, 0.29) is 0 Å². The van der Waals surface area contributed by atoms with Crippen molar-refractivity contribution in [3.05, 3.63) is 24.0 Å². The largest absolute Gasteiger partial charge is 0.326 e. The van der Waals surface area contributed by atoms with Crippen molar-refractivity contribution in [3.63, 3.8) is 0 Å². The maximum absolute atomic E-state index is 12.0. The smallest absolute Gasteiger partial charge is 0.165 e. The molecule has 0 aromatic carbocycles. The van der Waals surface area contributed by atoms with Crippen LogP contribution >= 0.6 is 0 Å². The first-order chi connectivity index (χ1) is 4.74. The number of hydrogen-bond donors (Lipinski definition) is 0. The summed E-state index contributed by atoms with van der Waals surface area (Å²) in [5.74, 6) is 0.493. The molecule has 0 aliphatic heterocycles. The van der Waals surface area contributed by atoms with E-state index < -0.39 is 6.80 Å². The van der Waals surface area contributed by atoms with Crippen molar-refractivity contribution in [1.82, 2.24) is 4.57 Å². The van der Waals surface area contributed by atoms with Gasteiger partial charge in [-0.3, -0.25) is 0 Å². The van der Waals surface area contributed by atoms with Crippen LogP contribution in [0.1, 0.15) is 25.3 Å². The lowest BCUT2D eigenvalue weighted by Crippen LogP contribution is -1.87. The predicted octanol–water partition coefficient (Wildman–Crippen LogP) is 2.54. The molecule has 0 saturated heterocycles. The van der Waals surface area contributed by atoms with Gasteiger partial charge in [0.05, 0.1) is 0 Å². The zero-order valence-corrected chi connectivity index (χ0v) is 6.34. The van der Waals surface area contributed by atoms with E-state index in [1.807, 2.05) is 12.3 Å². The van der Waals surface area contributed by atoms with Crippen LogP contribution in [0.15, 0.2) is 18.5 Å². The van der Waals surface area contributed by atoms with Crippen molar-refractivity contribution >= 4 is 0 Å². The fraction of sp³-hybridized carbons (Fsp3) is 0.500. The van der Waals surface area contributed by atoms with Gasteiger partial charge in [0.15, 0.2) is 6.80 Å². The Balaban J connectivity index is 2.78. The van der Waals surface area contributed by atoms with Crippen LogP contribution in [0.25, 0.3) is 0 Å². The molecule has 1 heterocycles. The molecular weight excluding hydrogens is 129 g/mol. The summed E-state index contributed by atoms with van der Waals surface area (Å²) >= 11 is 0. The Labute approximate surface area is 60.5 Å². The van der Waals surface area contributed by atoms with Crippen molar-refractivity contribution in [2.75, 3.05) is 0 Å². The molecule has 0 spiro atoms. The second-order valence-electron chi connectivity index (χ2n) is 2.73. The van der Waals surface area contributed by atoms with Crippen LogP contribution in [-0.4, -0.2) is 4.57 Å². The van der Waals surface area contributed by atoms with Gasteiger partial charge in [-0.15, -0.1) is 0 Å². The van der Waals surface area contributed by atoms with Gasteiger partial charge in [-0.05, 0) is 17.5 Å². The van der Waals surface area contributed by atoms with Crippen LogP contribution in [0.3, 0.4) is 0 Å². The van der Waals surface area contributed by atoms with Gasteiger partial charge in [-0.2, -0.15) is 0 Å². The molecule has 0 radical (unpaired) electrons. The lowest BCUT2D eigenvalue weighted by Gasteiger charge is -1.97. The third-order valence-electron chi connectivity index (χ3n) is 1.58. The van der Waals surface area contributed by atoms with E-state index in [1.54, 1.807) is 6.20 Å². The number of hydrogen-bond acceptors (Lipinski definition) is 0. The van der Waals surface area contributed by atoms with Gasteiger partial charge < -0.3 is 4.57 Å². The van der Waals surface area contributed by atoms with Crippen LogP contribution in [0.5, 0.6) is 0 Å². The Morgan fingerprint density at radius 1 is 1.60 bits per heavy atom. The number of aromatic nitrogens is 1. The minimum atomic E-state index is -0.424. The summed E-state index contributed by atoms with van der Waals surface area (Å²) in [5, 5.41) is 0. The second-order valence-corrected chi connectivity index (χ2v) is 2.73. The third-order valence-corrected chi connectivity index (χ3v) is 1.58. The van der Waals surface area contributed by atoms with Gasteiger partial charge >= 0.3 is 0 Å². The summed E-state index contributed by atoms with van der Waals surface area (Å²) in [4.78, 5) is 0. The van der Waals surface area contributed by atoms with Crippen molar-refractivity contribution in [2.24, 2.45) is 0 Å².